The van der Waals surface area contributed by atoms with Crippen LogP contribution in [0.25, 0.3) is 28.1 Å². The van der Waals surface area contributed by atoms with Crippen LogP contribution in [0.2, 0.25) is 5.02 Å². The Balaban J connectivity index is 1.54. The normalized spacial score (nSPS) is 13.6. The lowest BCUT2D eigenvalue weighted by atomic mass is 9.98. The Labute approximate surface area is 217 Å². The minimum absolute atomic E-state index is 0.00476. The first-order valence-corrected chi connectivity index (χ1v) is 11.9. The summed E-state index contributed by atoms with van der Waals surface area (Å²) in [6.45, 7) is 2.04. The van der Waals surface area contributed by atoms with Gasteiger partial charge in [-0.05, 0) is 42.5 Å². The van der Waals surface area contributed by atoms with E-state index in [0.29, 0.717) is 49.1 Å². The molecule has 0 radical (unpaired) electrons. The van der Waals surface area contributed by atoms with E-state index in [1.165, 1.54) is 17.0 Å². The molecule has 1 aliphatic heterocycles. The zero-order valence-electron chi connectivity index (χ0n) is 19.9. The third-order valence-corrected chi connectivity index (χ3v) is 6.67. The smallest absolute Gasteiger partial charge is 0.407 e. The minimum Gasteiger partial charge on any atom is -0.496 e. The van der Waals surface area contributed by atoms with E-state index in [9.17, 15) is 14.3 Å². The Bertz CT molecular complexity index is 1470. The molecule has 2 aromatic carbocycles. The summed E-state index contributed by atoms with van der Waals surface area (Å²) in [5.41, 5.74) is 10.6. The Hall–Kier alpha value is -4.31. The Morgan fingerprint density at radius 3 is 2.49 bits per heavy atom. The van der Waals surface area contributed by atoms with Crippen molar-refractivity contribution < 1.29 is 19.0 Å². The van der Waals surface area contributed by atoms with Gasteiger partial charge in [0.1, 0.15) is 17.4 Å². The number of carboxylic acid groups (broad SMARTS) is 1. The molecule has 2 aromatic heterocycles. The van der Waals surface area contributed by atoms with Gasteiger partial charge in [-0.25, -0.2) is 18.9 Å². The van der Waals surface area contributed by atoms with Gasteiger partial charge >= 0.3 is 6.09 Å². The van der Waals surface area contributed by atoms with Gasteiger partial charge in [0.15, 0.2) is 0 Å². The lowest BCUT2D eigenvalue weighted by Gasteiger charge is -2.34. The second-order valence-electron chi connectivity index (χ2n) is 8.52. The fourth-order valence-electron chi connectivity index (χ4n) is 4.48. The molecule has 1 fully saturated rings. The number of amides is 1. The molecule has 1 amide bonds. The molecule has 3 heterocycles. The van der Waals surface area contributed by atoms with Crippen LogP contribution in [0.5, 0.6) is 5.75 Å². The lowest BCUT2D eigenvalue weighted by molar-refractivity contribution is 0.142. The zero-order valence-corrected chi connectivity index (χ0v) is 20.7. The first kappa shape index (κ1) is 24.4. The summed E-state index contributed by atoms with van der Waals surface area (Å²) in [4.78, 5) is 19.1. The highest BCUT2D eigenvalue weighted by Gasteiger charge is 2.23. The van der Waals surface area contributed by atoms with Crippen molar-refractivity contribution in [2.24, 2.45) is 0 Å². The number of nitrogen functional groups attached to an aromatic ring is 1. The molecule has 1 aliphatic rings. The molecule has 0 spiro atoms. The summed E-state index contributed by atoms with van der Waals surface area (Å²) >= 11 is 6.03. The average Bonchev–Trinajstić information content (AvgIpc) is 3.40. The predicted molar refractivity (Wildman–Crippen MR) is 140 cm³/mol. The van der Waals surface area contributed by atoms with Gasteiger partial charge in [-0.2, -0.15) is 5.10 Å². The monoisotopic (exact) mass is 522 g/mol. The molecule has 11 heteroatoms. The second-order valence-corrected chi connectivity index (χ2v) is 8.93. The van der Waals surface area contributed by atoms with E-state index in [1.807, 2.05) is 24.3 Å². The van der Waals surface area contributed by atoms with Crippen molar-refractivity contribution in [2.75, 3.05) is 43.9 Å². The number of anilines is 2. The maximum atomic E-state index is 13.8. The molecule has 0 bridgehead atoms. The molecule has 4 aromatic rings. The number of aromatic nitrogens is 3. The number of nitrogens with two attached hydrogens (primary N) is 1. The van der Waals surface area contributed by atoms with Crippen LogP contribution in [0.4, 0.5) is 20.7 Å². The standard InChI is InChI=1S/C26H24ClFN6O3/c1-37-24-13-16(32-8-10-33(11-9-32)26(35)36)2-4-18(24)20-15-30-25(29)14-19(20)23-6-7-31-34(23)17-3-5-22(28)21(27)12-17/h2-7,12-15H,8-11H2,1H3,(H2,29,30)(H,35,36). The second kappa shape index (κ2) is 9.98. The van der Waals surface area contributed by atoms with Crippen LogP contribution < -0.4 is 15.4 Å². The number of carbonyl (C=O) groups is 1. The topological polar surface area (TPSA) is 110 Å². The van der Waals surface area contributed by atoms with Gasteiger partial charge in [0.2, 0.25) is 0 Å². The van der Waals surface area contributed by atoms with Gasteiger partial charge in [-0.1, -0.05) is 11.6 Å². The lowest BCUT2D eigenvalue weighted by Crippen LogP contribution is -2.48. The molecule has 5 rings (SSSR count). The number of nitrogens with zero attached hydrogens (tertiary/aromatic N) is 5. The van der Waals surface area contributed by atoms with Crippen molar-refractivity contribution in [2.45, 2.75) is 0 Å². The molecule has 9 nitrogen and oxygen atoms in total. The fraction of sp³-hybridized carbons (Fsp3) is 0.192. The van der Waals surface area contributed by atoms with E-state index in [4.69, 9.17) is 22.1 Å². The summed E-state index contributed by atoms with van der Waals surface area (Å²) in [5, 5.41) is 13.6. The van der Waals surface area contributed by atoms with Crippen LogP contribution in [0, 0.1) is 5.82 Å². The van der Waals surface area contributed by atoms with E-state index in [0.717, 1.165) is 22.4 Å². The van der Waals surface area contributed by atoms with E-state index < -0.39 is 11.9 Å². The maximum absolute atomic E-state index is 13.8. The SMILES string of the molecule is COc1cc(N2CCN(C(=O)O)CC2)ccc1-c1cnc(N)cc1-c1ccnn1-c1ccc(F)c(Cl)c1. The summed E-state index contributed by atoms with van der Waals surface area (Å²) in [6, 6.07) is 13.9. The van der Waals surface area contributed by atoms with Gasteiger partial charge in [0, 0.05) is 60.8 Å². The third-order valence-electron chi connectivity index (χ3n) is 6.38. The van der Waals surface area contributed by atoms with E-state index >= 15 is 0 Å². The number of methoxy groups -OCH3 is 1. The van der Waals surface area contributed by atoms with Crippen molar-refractivity contribution in [1.29, 1.82) is 0 Å². The van der Waals surface area contributed by atoms with E-state index in [1.54, 1.807) is 36.3 Å². The highest BCUT2D eigenvalue weighted by Crippen LogP contribution is 2.40. The maximum Gasteiger partial charge on any atom is 0.407 e. The molecule has 3 N–H and O–H groups in total. The Kier molecular flexibility index (Phi) is 6.58. The van der Waals surface area contributed by atoms with Crippen LogP contribution in [0.3, 0.4) is 0 Å². The third kappa shape index (κ3) is 4.75. The number of benzene rings is 2. The van der Waals surface area contributed by atoms with Gasteiger partial charge < -0.3 is 25.4 Å². The summed E-state index contributed by atoms with van der Waals surface area (Å²) < 4.78 is 21.2. The summed E-state index contributed by atoms with van der Waals surface area (Å²) in [6.07, 6.45) is 2.42. The highest BCUT2D eigenvalue weighted by molar-refractivity contribution is 6.30. The highest BCUT2D eigenvalue weighted by atomic mass is 35.5. The molecular formula is C26H24ClFN6O3. The molecular weight excluding hydrogens is 499 g/mol. The molecule has 37 heavy (non-hydrogen) atoms. The number of halogens is 2. The largest absolute Gasteiger partial charge is 0.496 e. The quantitative estimate of drug-likeness (QED) is 0.388. The van der Waals surface area contributed by atoms with E-state index in [-0.39, 0.29) is 5.02 Å². The van der Waals surface area contributed by atoms with Crippen LogP contribution in [0.1, 0.15) is 0 Å². The van der Waals surface area contributed by atoms with Crippen molar-refractivity contribution in [3.63, 3.8) is 0 Å². The van der Waals surface area contributed by atoms with Crippen molar-refractivity contribution in [1.82, 2.24) is 19.7 Å². The minimum atomic E-state index is -0.905. The molecule has 0 unspecified atom stereocenters. The molecule has 1 saturated heterocycles. The first-order valence-electron chi connectivity index (χ1n) is 11.5. The molecule has 0 saturated carbocycles. The van der Waals surface area contributed by atoms with Crippen LogP contribution in [-0.2, 0) is 0 Å². The summed E-state index contributed by atoms with van der Waals surface area (Å²) in [5.74, 6) is 0.444. The van der Waals surface area contributed by atoms with Gasteiger partial charge in [0.05, 0.1) is 29.7 Å². The zero-order chi connectivity index (χ0) is 26.1. The van der Waals surface area contributed by atoms with Gasteiger partial charge in [-0.3, -0.25) is 0 Å². The number of rotatable bonds is 5. The number of hydrogen-bond donors (Lipinski definition) is 2. The Morgan fingerprint density at radius 1 is 1.03 bits per heavy atom. The number of hydrogen-bond acceptors (Lipinski definition) is 6. The number of ether oxygens (including phenoxy) is 1. The molecule has 0 atom stereocenters. The van der Waals surface area contributed by atoms with Gasteiger partial charge in [0.25, 0.3) is 0 Å². The predicted octanol–water partition coefficient (Wildman–Crippen LogP) is 4.78. The fourth-order valence-corrected chi connectivity index (χ4v) is 4.66. The van der Waals surface area contributed by atoms with Crippen LogP contribution >= 0.6 is 11.6 Å². The van der Waals surface area contributed by atoms with Gasteiger partial charge in [-0.15, -0.1) is 0 Å². The van der Waals surface area contributed by atoms with E-state index in [2.05, 4.69) is 15.0 Å². The number of pyridine rings is 1. The average molecular weight is 523 g/mol. The van der Waals surface area contributed by atoms with Crippen molar-refractivity contribution in [3.05, 3.63) is 71.8 Å². The Morgan fingerprint density at radius 2 is 1.78 bits per heavy atom. The van der Waals surface area contributed by atoms with Crippen molar-refractivity contribution >= 4 is 29.2 Å². The molecule has 0 aliphatic carbocycles. The first-order chi connectivity index (χ1) is 17.9. The molecule has 190 valence electrons. The van der Waals surface area contributed by atoms with Crippen LogP contribution in [-0.4, -0.2) is 64.2 Å². The summed E-state index contributed by atoms with van der Waals surface area (Å²) in [7, 11) is 1.60. The van der Waals surface area contributed by atoms with Crippen LogP contribution in [0.15, 0.2) is 60.9 Å². The number of piperazine rings is 1. The van der Waals surface area contributed by atoms with Crippen molar-refractivity contribution in [3.8, 4) is 33.8 Å².